The van der Waals surface area contributed by atoms with Crippen LogP contribution in [-0.4, -0.2) is 45.3 Å². The van der Waals surface area contributed by atoms with E-state index < -0.39 is 23.7 Å². The van der Waals surface area contributed by atoms with E-state index in [-0.39, 0.29) is 29.8 Å². The summed E-state index contributed by atoms with van der Waals surface area (Å²) in [5.41, 5.74) is 6.76. The van der Waals surface area contributed by atoms with Gasteiger partial charge in [-0.3, -0.25) is 19.3 Å². The molecule has 2 N–H and O–H groups in total. The minimum absolute atomic E-state index is 0.106. The number of oxime groups is 1. The van der Waals surface area contributed by atoms with Crippen molar-refractivity contribution in [2.45, 2.75) is 38.5 Å². The third-order valence-electron chi connectivity index (χ3n) is 6.94. The van der Waals surface area contributed by atoms with Crippen molar-refractivity contribution in [1.29, 1.82) is 0 Å². The number of carboxylic acid groups (broad SMARTS) is 1. The molecule has 0 fully saturated rings. The summed E-state index contributed by atoms with van der Waals surface area (Å²) in [5.74, 6) is -3.26. The van der Waals surface area contributed by atoms with E-state index in [0.717, 1.165) is 24.2 Å². The number of aliphatic carboxylic acids is 1. The van der Waals surface area contributed by atoms with Crippen molar-refractivity contribution in [3.05, 3.63) is 75.9 Å². The van der Waals surface area contributed by atoms with Crippen LogP contribution in [0.15, 0.2) is 53.2 Å². The predicted molar refractivity (Wildman–Crippen MR) is 121 cm³/mol. The molecule has 5 rings (SSSR count). The van der Waals surface area contributed by atoms with Crippen LogP contribution in [-0.2, 0) is 11.2 Å². The van der Waals surface area contributed by atoms with Gasteiger partial charge in [-0.05, 0) is 72.6 Å². The van der Waals surface area contributed by atoms with Gasteiger partial charge in [0, 0.05) is 13.0 Å². The Hall–Kier alpha value is -3.74. The molecule has 168 valence electrons. The van der Waals surface area contributed by atoms with Crippen LogP contribution < -0.4 is 0 Å². The highest BCUT2D eigenvalue weighted by molar-refractivity contribution is 6.21. The summed E-state index contributed by atoms with van der Waals surface area (Å²) in [5, 5.41) is 22.9. The summed E-state index contributed by atoms with van der Waals surface area (Å²) in [6.45, 7) is -0.290. The zero-order chi connectivity index (χ0) is 23.1. The molecule has 2 aromatic rings. The lowest BCUT2D eigenvalue weighted by Gasteiger charge is -2.20. The standard InChI is InChI=1S/C26H24N2O5/c29-24-21-7-3-4-8-22(21)25(30)28(24)14-18(26(31)32)13-23(27-33)16-9-10-20-17(12-16)11-15-5-1-2-6-19(15)20/h3-4,7-10,12,18,33H,1-2,5-6,11,13-14H2,(H,31,32). The molecule has 0 saturated carbocycles. The maximum Gasteiger partial charge on any atom is 0.308 e. The smallest absolute Gasteiger partial charge is 0.308 e. The molecule has 3 aliphatic rings. The van der Waals surface area contributed by atoms with Gasteiger partial charge in [-0.2, -0.15) is 0 Å². The van der Waals surface area contributed by atoms with Crippen molar-refractivity contribution in [2.24, 2.45) is 11.1 Å². The molecule has 1 aliphatic heterocycles. The van der Waals surface area contributed by atoms with Crippen LogP contribution in [0, 0.1) is 5.92 Å². The van der Waals surface area contributed by atoms with Crippen LogP contribution in [0.25, 0.3) is 5.57 Å². The summed E-state index contributed by atoms with van der Waals surface area (Å²) >= 11 is 0. The second kappa shape index (κ2) is 8.31. The zero-order valence-electron chi connectivity index (χ0n) is 18.1. The number of rotatable bonds is 6. The quantitative estimate of drug-likeness (QED) is 0.301. The first-order chi connectivity index (χ1) is 16.0. The molecule has 0 radical (unpaired) electrons. The van der Waals surface area contributed by atoms with Gasteiger partial charge in [0.25, 0.3) is 11.8 Å². The van der Waals surface area contributed by atoms with Crippen molar-refractivity contribution in [3.63, 3.8) is 0 Å². The molecule has 1 heterocycles. The molecule has 1 atom stereocenters. The van der Waals surface area contributed by atoms with E-state index in [4.69, 9.17) is 0 Å². The SMILES string of the molecule is O=C(O)C(CC(=NO)c1ccc2c(c1)CC1=C2CCCC1)CN1C(=O)c2ccccc2C1=O. The number of benzene rings is 2. The van der Waals surface area contributed by atoms with Crippen LogP contribution in [0.5, 0.6) is 0 Å². The van der Waals surface area contributed by atoms with E-state index >= 15 is 0 Å². The Bertz CT molecular complexity index is 1210. The van der Waals surface area contributed by atoms with Gasteiger partial charge in [0.05, 0.1) is 22.8 Å². The number of hydrogen-bond acceptors (Lipinski definition) is 5. The molecule has 0 aromatic heterocycles. The number of imide groups is 1. The second-order valence-corrected chi connectivity index (χ2v) is 8.89. The number of hydrogen-bond donors (Lipinski definition) is 2. The molecule has 0 saturated heterocycles. The summed E-state index contributed by atoms with van der Waals surface area (Å²) < 4.78 is 0. The van der Waals surface area contributed by atoms with Crippen LogP contribution in [0.4, 0.5) is 0 Å². The Labute approximate surface area is 191 Å². The first-order valence-corrected chi connectivity index (χ1v) is 11.2. The van der Waals surface area contributed by atoms with E-state index in [0.29, 0.717) is 5.56 Å². The Kier molecular flexibility index (Phi) is 5.32. The molecule has 7 heteroatoms. The molecule has 2 aromatic carbocycles. The average Bonchev–Trinajstić information content (AvgIpc) is 3.31. The topological polar surface area (TPSA) is 107 Å². The number of nitrogens with zero attached hydrogens (tertiary/aromatic N) is 2. The largest absolute Gasteiger partial charge is 0.481 e. The monoisotopic (exact) mass is 444 g/mol. The maximum absolute atomic E-state index is 12.7. The van der Waals surface area contributed by atoms with Gasteiger partial charge in [-0.1, -0.05) is 35.0 Å². The van der Waals surface area contributed by atoms with Gasteiger partial charge in [0.2, 0.25) is 0 Å². The number of carbonyl (C=O) groups excluding carboxylic acids is 2. The molecule has 33 heavy (non-hydrogen) atoms. The molecule has 2 aliphatic carbocycles. The second-order valence-electron chi connectivity index (χ2n) is 8.89. The molecule has 0 spiro atoms. The van der Waals surface area contributed by atoms with E-state index in [2.05, 4.69) is 5.16 Å². The first kappa shape index (κ1) is 21.1. The Morgan fingerprint density at radius 1 is 1.00 bits per heavy atom. The van der Waals surface area contributed by atoms with E-state index in [1.54, 1.807) is 24.3 Å². The van der Waals surface area contributed by atoms with Gasteiger partial charge in [-0.25, -0.2) is 0 Å². The van der Waals surface area contributed by atoms with E-state index in [9.17, 15) is 24.7 Å². The van der Waals surface area contributed by atoms with Crippen molar-refractivity contribution >= 4 is 29.1 Å². The van der Waals surface area contributed by atoms with Crippen molar-refractivity contribution in [2.75, 3.05) is 6.54 Å². The minimum atomic E-state index is -1.16. The van der Waals surface area contributed by atoms with Crippen molar-refractivity contribution in [3.8, 4) is 0 Å². The minimum Gasteiger partial charge on any atom is -0.481 e. The van der Waals surface area contributed by atoms with Crippen molar-refractivity contribution < 1.29 is 24.7 Å². The van der Waals surface area contributed by atoms with Crippen LogP contribution in [0.2, 0.25) is 0 Å². The highest BCUT2D eigenvalue weighted by atomic mass is 16.4. The highest BCUT2D eigenvalue weighted by Crippen LogP contribution is 2.41. The lowest BCUT2D eigenvalue weighted by atomic mass is 9.91. The number of allylic oxidation sites excluding steroid dienone is 2. The van der Waals surface area contributed by atoms with Gasteiger partial charge in [-0.15, -0.1) is 0 Å². The fourth-order valence-electron chi connectivity index (χ4n) is 5.24. The van der Waals surface area contributed by atoms with Gasteiger partial charge >= 0.3 is 5.97 Å². The van der Waals surface area contributed by atoms with Crippen molar-refractivity contribution in [1.82, 2.24) is 4.90 Å². The third-order valence-corrected chi connectivity index (χ3v) is 6.94. The summed E-state index contributed by atoms with van der Waals surface area (Å²) in [4.78, 5) is 38.3. The van der Waals surface area contributed by atoms with Crippen LogP contribution in [0.3, 0.4) is 0 Å². The molecule has 7 nitrogen and oxygen atoms in total. The summed E-state index contributed by atoms with van der Waals surface area (Å²) in [6, 6.07) is 12.3. The Balaban J connectivity index is 1.35. The molecule has 1 unspecified atom stereocenters. The number of carboxylic acids is 1. The Morgan fingerprint density at radius 2 is 1.70 bits per heavy atom. The molecular formula is C26H24N2O5. The number of fused-ring (bicyclic) bond motifs is 3. The van der Waals surface area contributed by atoms with Crippen LogP contribution >= 0.6 is 0 Å². The number of amides is 2. The first-order valence-electron chi connectivity index (χ1n) is 11.2. The lowest BCUT2D eigenvalue weighted by Crippen LogP contribution is -2.38. The fraction of sp³-hybridized carbons (Fsp3) is 0.308. The third kappa shape index (κ3) is 3.63. The number of carbonyl (C=O) groups is 3. The predicted octanol–water partition coefficient (Wildman–Crippen LogP) is 4.14. The van der Waals surface area contributed by atoms with Gasteiger partial charge in [0.1, 0.15) is 0 Å². The van der Waals surface area contributed by atoms with Crippen LogP contribution in [0.1, 0.15) is 69.5 Å². The summed E-state index contributed by atoms with van der Waals surface area (Å²) in [6.07, 6.45) is 5.38. The fourth-order valence-corrected chi connectivity index (χ4v) is 5.24. The maximum atomic E-state index is 12.7. The zero-order valence-corrected chi connectivity index (χ0v) is 18.1. The molecule has 0 bridgehead atoms. The van der Waals surface area contributed by atoms with E-state index in [1.807, 2.05) is 18.2 Å². The highest BCUT2D eigenvalue weighted by Gasteiger charge is 2.38. The van der Waals surface area contributed by atoms with E-state index in [1.165, 1.54) is 35.1 Å². The average molecular weight is 444 g/mol. The Morgan fingerprint density at radius 3 is 2.36 bits per heavy atom. The summed E-state index contributed by atoms with van der Waals surface area (Å²) in [7, 11) is 0. The molecular weight excluding hydrogens is 420 g/mol. The normalized spacial score (nSPS) is 18.3. The van der Waals surface area contributed by atoms with Gasteiger partial charge in [0.15, 0.2) is 0 Å². The molecule has 2 amide bonds. The lowest BCUT2D eigenvalue weighted by molar-refractivity contribution is -0.141. The van der Waals surface area contributed by atoms with Gasteiger partial charge < -0.3 is 10.3 Å².